The molecule has 0 aliphatic heterocycles. The molecule has 1 aliphatic carbocycles. The lowest BCUT2D eigenvalue weighted by molar-refractivity contribution is 0.281. The summed E-state index contributed by atoms with van der Waals surface area (Å²) in [7, 11) is 1.66. The fourth-order valence-electron chi connectivity index (χ4n) is 1.20. The van der Waals surface area contributed by atoms with Crippen LogP contribution in [0.5, 0.6) is 11.5 Å². The smallest absolute Gasteiger partial charge is 0.139 e. The van der Waals surface area contributed by atoms with E-state index in [9.17, 15) is 0 Å². The number of methoxy groups -OCH3 is 1. The molecular formula is C11H15NO2. The summed E-state index contributed by atoms with van der Waals surface area (Å²) >= 11 is 0. The predicted octanol–water partition coefficient (Wildman–Crippen LogP) is 1.78. The Kier molecular flexibility index (Phi) is 2.89. The minimum Gasteiger partial charge on any atom is -0.497 e. The zero-order chi connectivity index (χ0) is 9.80. The number of hydrogen-bond acceptors (Lipinski definition) is 3. The highest BCUT2D eigenvalue weighted by molar-refractivity contribution is 5.31. The summed E-state index contributed by atoms with van der Waals surface area (Å²) in [5, 5.41) is 3.28. The highest BCUT2D eigenvalue weighted by Gasteiger charge is 2.19. The molecule has 0 unspecified atom stereocenters. The van der Waals surface area contributed by atoms with E-state index < -0.39 is 0 Å². The first-order valence-electron chi connectivity index (χ1n) is 4.89. The van der Waals surface area contributed by atoms with Crippen molar-refractivity contribution in [1.82, 2.24) is 5.32 Å². The zero-order valence-corrected chi connectivity index (χ0v) is 8.32. The molecule has 0 radical (unpaired) electrons. The topological polar surface area (TPSA) is 30.5 Å². The van der Waals surface area contributed by atoms with E-state index in [2.05, 4.69) is 5.32 Å². The average Bonchev–Trinajstić information content (AvgIpc) is 3.03. The number of nitrogens with one attached hydrogen (secondary N) is 1. The molecule has 1 aromatic carbocycles. The Hall–Kier alpha value is -1.22. The van der Waals surface area contributed by atoms with Gasteiger partial charge in [-0.05, 0) is 37.1 Å². The van der Waals surface area contributed by atoms with E-state index in [0.29, 0.717) is 12.8 Å². The first-order valence-corrected chi connectivity index (χ1v) is 4.89. The van der Waals surface area contributed by atoms with Crippen LogP contribution in [0.25, 0.3) is 0 Å². The van der Waals surface area contributed by atoms with E-state index in [1.165, 1.54) is 12.8 Å². The molecule has 14 heavy (non-hydrogen) atoms. The molecule has 3 heteroatoms. The molecule has 76 valence electrons. The van der Waals surface area contributed by atoms with Gasteiger partial charge < -0.3 is 9.47 Å². The van der Waals surface area contributed by atoms with Gasteiger partial charge >= 0.3 is 0 Å². The van der Waals surface area contributed by atoms with E-state index in [1.54, 1.807) is 7.11 Å². The van der Waals surface area contributed by atoms with E-state index in [1.807, 2.05) is 24.3 Å². The van der Waals surface area contributed by atoms with Gasteiger partial charge in [-0.2, -0.15) is 0 Å². The van der Waals surface area contributed by atoms with Crippen molar-refractivity contribution in [2.45, 2.75) is 18.9 Å². The zero-order valence-electron chi connectivity index (χ0n) is 8.32. The Morgan fingerprint density at radius 2 is 1.86 bits per heavy atom. The van der Waals surface area contributed by atoms with Crippen molar-refractivity contribution >= 4 is 0 Å². The van der Waals surface area contributed by atoms with Gasteiger partial charge in [0.1, 0.15) is 18.2 Å². The second-order valence-corrected chi connectivity index (χ2v) is 3.44. The van der Waals surface area contributed by atoms with Gasteiger partial charge in [-0.3, -0.25) is 5.32 Å². The van der Waals surface area contributed by atoms with Gasteiger partial charge in [0.25, 0.3) is 0 Å². The molecule has 2 rings (SSSR count). The Morgan fingerprint density at radius 1 is 1.21 bits per heavy atom. The van der Waals surface area contributed by atoms with Crippen LogP contribution in [0.3, 0.4) is 0 Å². The van der Waals surface area contributed by atoms with E-state index in [4.69, 9.17) is 9.47 Å². The molecule has 0 amide bonds. The summed E-state index contributed by atoms with van der Waals surface area (Å²) in [6.45, 7) is 0.594. The molecule has 0 atom stereocenters. The molecule has 0 aromatic heterocycles. The summed E-state index contributed by atoms with van der Waals surface area (Å²) in [5.74, 6) is 1.73. The summed E-state index contributed by atoms with van der Waals surface area (Å²) in [6, 6.07) is 8.30. The van der Waals surface area contributed by atoms with Crippen LogP contribution in [-0.2, 0) is 0 Å². The van der Waals surface area contributed by atoms with E-state index in [-0.39, 0.29) is 0 Å². The second-order valence-electron chi connectivity index (χ2n) is 3.44. The summed E-state index contributed by atoms with van der Waals surface area (Å²) in [4.78, 5) is 0. The van der Waals surface area contributed by atoms with Crippen LogP contribution in [0, 0.1) is 0 Å². The molecule has 1 N–H and O–H groups in total. The number of ether oxygens (including phenoxy) is 2. The Balaban J connectivity index is 1.77. The largest absolute Gasteiger partial charge is 0.497 e. The molecule has 0 saturated heterocycles. The highest BCUT2D eigenvalue weighted by atomic mass is 16.5. The molecule has 1 saturated carbocycles. The minimum atomic E-state index is 0.594. The van der Waals surface area contributed by atoms with Crippen LogP contribution >= 0.6 is 0 Å². The van der Waals surface area contributed by atoms with Crippen molar-refractivity contribution < 1.29 is 9.47 Å². The molecule has 1 aromatic rings. The quantitative estimate of drug-likeness (QED) is 0.723. The third-order valence-corrected chi connectivity index (χ3v) is 2.25. The molecule has 1 fully saturated rings. The average molecular weight is 193 g/mol. The Bertz CT molecular complexity index is 280. The minimum absolute atomic E-state index is 0.594. The maximum atomic E-state index is 5.49. The molecule has 0 heterocycles. The summed E-state index contributed by atoms with van der Waals surface area (Å²) in [6.07, 6.45) is 2.57. The van der Waals surface area contributed by atoms with Crippen molar-refractivity contribution in [3.63, 3.8) is 0 Å². The highest BCUT2D eigenvalue weighted by Crippen LogP contribution is 2.19. The van der Waals surface area contributed by atoms with Gasteiger partial charge in [-0.25, -0.2) is 0 Å². The molecular weight excluding hydrogens is 178 g/mol. The SMILES string of the molecule is COc1ccc(OCNC2CC2)cc1. The van der Waals surface area contributed by atoms with Crippen LogP contribution in [-0.4, -0.2) is 19.9 Å². The summed E-state index contributed by atoms with van der Waals surface area (Å²) < 4.78 is 10.5. The molecule has 3 nitrogen and oxygen atoms in total. The second kappa shape index (κ2) is 4.33. The lowest BCUT2D eigenvalue weighted by atomic mass is 10.3. The molecule has 0 bridgehead atoms. The van der Waals surface area contributed by atoms with Gasteiger partial charge in [0, 0.05) is 6.04 Å². The normalized spacial score (nSPS) is 15.2. The fourth-order valence-corrected chi connectivity index (χ4v) is 1.20. The van der Waals surface area contributed by atoms with Crippen molar-refractivity contribution in [1.29, 1.82) is 0 Å². The Morgan fingerprint density at radius 3 is 2.43 bits per heavy atom. The number of rotatable bonds is 5. The maximum absolute atomic E-state index is 5.49. The van der Waals surface area contributed by atoms with Gasteiger partial charge in [-0.15, -0.1) is 0 Å². The van der Waals surface area contributed by atoms with Crippen molar-refractivity contribution in [3.8, 4) is 11.5 Å². The first-order chi connectivity index (χ1) is 6.88. The van der Waals surface area contributed by atoms with Crippen LogP contribution in [0.15, 0.2) is 24.3 Å². The van der Waals surface area contributed by atoms with Crippen molar-refractivity contribution in [2.24, 2.45) is 0 Å². The standard InChI is InChI=1S/C11H15NO2/c1-13-10-4-6-11(7-5-10)14-8-12-9-2-3-9/h4-7,9,12H,2-3,8H2,1H3. The third kappa shape index (κ3) is 2.64. The first kappa shape index (κ1) is 9.34. The third-order valence-electron chi connectivity index (χ3n) is 2.25. The van der Waals surface area contributed by atoms with Gasteiger partial charge in [0.05, 0.1) is 7.11 Å². The predicted molar refractivity (Wildman–Crippen MR) is 54.6 cm³/mol. The summed E-state index contributed by atoms with van der Waals surface area (Å²) in [5.41, 5.74) is 0. The Labute approximate surface area is 84.0 Å². The lowest BCUT2D eigenvalue weighted by Crippen LogP contribution is -2.21. The van der Waals surface area contributed by atoms with Gasteiger partial charge in [0.15, 0.2) is 0 Å². The lowest BCUT2D eigenvalue weighted by Gasteiger charge is -2.07. The van der Waals surface area contributed by atoms with Gasteiger partial charge in [-0.1, -0.05) is 0 Å². The van der Waals surface area contributed by atoms with E-state index in [0.717, 1.165) is 11.5 Å². The van der Waals surface area contributed by atoms with Crippen LogP contribution in [0.1, 0.15) is 12.8 Å². The van der Waals surface area contributed by atoms with E-state index >= 15 is 0 Å². The van der Waals surface area contributed by atoms with Crippen LogP contribution < -0.4 is 14.8 Å². The van der Waals surface area contributed by atoms with Crippen LogP contribution in [0.2, 0.25) is 0 Å². The van der Waals surface area contributed by atoms with Crippen LogP contribution in [0.4, 0.5) is 0 Å². The molecule has 1 aliphatic rings. The number of hydrogen-bond donors (Lipinski definition) is 1. The molecule has 0 spiro atoms. The van der Waals surface area contributed by atoms with Gasteiger partial charge in [0.2, 0.25) is 0 Å². The number of benzene rings is 1. The van der Waals surface area contributed by atoms with Crippen molar-refractivity contribution in [3.05, 3.63) is 24.3 Å². The monoisotopic (exact) mass is 193 g/mol. The fraction of sp³-hybridized carbons (Fsp3) is 0.455. The van der Waals surface area contributed by atoms with Crippen molar-refractivity contribution in [2.75, 3.05) is 13.8 Å². The maximum Gasteiger partial charge on any atom is 0.139 e.